The van der Waals surface area contributed by atoms with Crippen LogP contribution in [0.5, 0.6) is 5.75 Å². The van der Waals surface area contributed by atoms with Crippen LogP contribution in [0.2, 0.25) is 0 Å². The molecule has 3 amide bonds. The van der Waals surface area contributed by atoms with Gasteiger partial charge in [-0.15, -0.1) is 0 Å². The molecule has 1 aromatic carbocycles. The van der Waals surface area contributed by atoms with Gasteiger partial charge in [0.1, 0.15) is 5.75 Å². The number of carbonyl (C=O) groups is 2. The molecule has 25 heavy (non-hydrogen) atoms. The zero-order chi connectivity index (χ0) is 18.3. The van der Waals surface area contributed by atoms with Crippen molar-refractivity contribution in [2.45, 2.75) is 32.9 Å². The molecular formula is C19H25N3O3. The molecule has 6 heteroatoms. The molecule has 2 heterocycles. The van der Waals surface area contributed by atoms with E-state index in [0.717, 1.165) is 11.3 Å². The summed E-state index contributed by atoms with van der Waals surface area (Å²) >= 11 is 0. The monoisotopic (exact) mass is 343 g/mol. The van der Waals surface area contributed by atoms with Crippen molar-refractivity contribution in [3.05, 3.63) is 41.1 Å². The van der Waals surface area contributed by atoms with Crippen molar-refractivity contribution >= 4 is 11.9 Å². The Morgan fingerprint density at radius 3 is 2.52 bits per heavy atom. The molecule has 6 nitrogen and oxygen atoms in total. The van der Waals surface area contributed by atoms with Gasteiger partial charge >= 0.3 is 6.03 Å². The minimum Gasteiger partial charge on any atom is -0.496 e. The Morgan fingerprint density at radius 1 is 1.20 bits per heavy atom. The second kappa shape index (κ2) is 6.43. The van der Waals surface area contributed by atoms with E-state index in [2.05, 4.69) is 19.2 Å². The van der Waals surface area contributed by atoms with Crippen LogP contribution in [0.4, 0.5) is 4.79 Å². The predicted octanol–water partition coefficient (Wildman–Crippen LogP) is 2.53. The highest BCUT2D eigenvalue weighted by molar-refractivity contribution is 6.01. The van der Waals surface area contributed by atoms with Crippen LogP contribution >= 0.6 is 0 Å². The van der Waals surface area contributed by atoms with E-state index in [1.807, 2.05) is 36.1 Å². The molecule has 0 spiro atoms. The molecule has 0 aromatic heterocycles. The third kappa shape index (κ3) is 2.75. The average Bonchev–Trinajstić information content (AvgIpc) is 2.95. The summed E-state index contributed by atoms with van der Waals surface area (Å²) in [4.78, 5) is 29.0. The van der Waals surface area contributed by atoms with Crippen LogP contribution in [-0.4, -0.2) is 48.5 Å². The minimum absolute atomic E-state index is 0.0149. The fraction of sp³-hybridized carbons (Fsp3) is 0.474. The Morgan fingerprint density at radius 2 is 1.88 bits per heavy atom. The molecule has 0 saturated heterocycles. The lowest BCUT2D eigenvalue weighted by Crippen LogP contribution is -2.45. The van der Waals surface area contributed by atoms with E-state index < -0.39 is 6.04 Å². The number of hydrogen-bond donors (Lipinski definition) is 1. The number of methoxy groups -OCH3 is 1. The number of para-hydroxylation sites is 1. The maximum atomic E-state index is 13.2. The number of benzene rings is 1. The first kappa shape index (κ1) is 17.3. The summed E-state index contributed by atoms with van der Waals surface area (Å²) < 4.78 is 5.44. The van der Waals surface area contributed by atoms with Gasteiger partial charge in [-0.05, 0) is 18.9 Å². The first-order valence-electron chi connectivity index (χ1n) is 8.58. The van der Waals surface area contributed by atoms with Gasteiger partial charge in [0.2, 0.25) is 0 Å². The Bertz CT molecular complexity index is 741. The Balaban J connectivity index is 2.06. The average molecular weight is 343 g/mol. The normalized spacial score (nSPS) is 21.6. The van der Waals surface area contributed by atoms with Crippen molar-refractivity contribution in [3.8, 4) is 5.75 Å². The van der Waals surface area contributed by atoms with Crippen molar-refractivity contribution in [1.29, 1.82) is 0 Å². The van der Waals surface area contributed by atoms with Gasteiger partial charge in [0.05, 0.1) is 31.0 Å². The molecule has 1 aromatic rings. The number of nitrogens with zero attached hydrogens (tertiary/aromatic N) is 2. The van der Waals surface area contributed by atoms with Gasteiger partial charge < -0.3 is 15.0 Å². The molecule has 3 rings (SSSR count). The molecule has 0 unspecified atom stereocenters. The minimum atomic E-state index is -0.494. The van der Waals surface area contributed by atoms with Crippen molar-refractivity contribution in [1.82, 2.24) is 15.1 Å². The fourth-order valence-electron chi connectivity index (χ4n) is 3.42. The van der Waals surface area contributed by atoms with Crippen LogP contribution in [0.1, 0.15) is 32.4 Å². The molecule has 134 valence electrons. The van der Waals surface area contributed by atoms with Crippen molar-refractivity contribution in [2.75, 3.05) is 20.7 Å². The maximum absolute atomic E-state index is 13.2. The Hall–Kier alpha value is -2.50. The van der Waals surface area contributed by atoms with Crippen molar-refractivity contribution in [2.24, 2.45) is 5.92 Å². The van der Waals surface area contributed by atoms with Gasteiger partial charge in [0.25, 0.3) is 5.91 Å². The zero-order valence-corrected chi connectivity index (χ0v) is 15.4. The summed E-state index contributed by atoms with van der Waals surface area (Å²) in [5, 5.41) is 2.95. The smallest absolute Gasteiger partial charge is 0.322 e. The highest BCUT2D eigenvalue weighted by atomic mass is 16.5. The molecule has 0 saturated carbocycles. The number of hydrogen-bond acceptors (Lipinski definition) is 3. The van der Waals surface area contributed by atoms with Crippen molar-refractivity contribution in [3.63, 3.8) is 0 Å². The largest absolute Gasteiger partial charge is 0.496 e. The second-order valence-corrected chi connectivity index (χ2v) is 6.96. The Labute approximate surface area is 148 Å². The van der Waals surface area contributed by atoms with Crippen LogP contribution in [0.15, 0.2) is 35.5 Å². The number of carbonyl (C=O) groups excluding carboxylic acids is 2. The van der Waals surface area contributed by atoms with E-state index in [9.17, 15) is 9.59 Å². The standard InChI is InChI=1S/C19H25N3O3/c1-11(2)12(3)22-10-14-16(18(22)23)17(20-19(24)21(14)4)13-8-6-7-9-15(13)25-5/h6-9,11-12,17H,10H2,1-5H3,(H,20,24)/t12-,17-/m1/s1. The first-order valence-corrected chi connectivity index (χ1v) is 8.58. The third-order valence-corrected chi connectivity index (χ3v) is 5.29. The van der Waals surface area contributed by atoms with E-state index in [1.54, 1.807) is 19.1 Å². The van der Waals surface area contributed by atoms with Gasteiger partial charge in [0.15, 0.2) is 0 Å². The van der Waals surface area contributed by atoms with Gasteiger partial charge in [0, 0.05) is 18.7 Å². The number of rotatable bonds is 4. The molecule has 2 aliphatic rings. The highest BCUT2D eigenvalue weighted by Crippen LogP contribution is 2.39. The van der Waals surface area contributed by atoms with Crippen LogP contribution in [0.25, 0.3) is 0 Å². The molecule has 1 N–H and O–H groups in total. The zero-order valence-electron chi connectivity index (χ0n) is 15.4. The number of likely N-dealkylation sites (N-methyl/N-ethyl adjacent to an activating group) is 1. The van der Waals surface area contributed by atoms with Gasteiger partial charge in [-0.2, -0.15) is 0 Å². The second-order valence-electron chi connectivity index (χ2n) is 6.96. The number of amides is 3. The summed E-state index contributed by atoms with van der Waals surface area (Å²) in [6.07, 6.45) is 0. The molecule has 0 aliphatic carbocycles. The quantitative estimate of drug-likeness (QED) is 0.914. The van der Waals surface area contributed by atoms with Gasteiger partial charge in [-0.1, -0.05) is 32.0 Å². The molecule has 0 radical (unpaired) electrons. The van der Waals surface area contributed by atoms with Crippen LogP contribution < -0.4 is 10.1 Å². The summed E-state index contributed by atoms with van der Waals surface area (Å²) in [6, 6.07) is 6.89. The topological polar surface area (TPSA) is 61.9 Å². The molecular weight excluding hydrogens is 318 g/mol. The molecule has 2 aliphatic heterocycles. The molecule has 0 bridgehead atoms. The lowest BCUT2D eigenvalue weighted by Gasteiger charge is -2.31. The summed E-state index contributed by atoms with van der Waals surface area (Å²) in [7, 11) is 3.30. The van der Waals surface area contributed by atoms with E-state index in [1.165, 1.54) is 0 Å². The lowest BCUT2D eigenvalue weighted by molar-refractivity contribution is -0.128. The third-order valence-electron chi connectivity index (χ3n) is 5.29. The SMILES string of the molecule is COc1ccccc1[C@H]1NC(=O)N(C)C2=C1C(=O)N([C@H](C)C(C)C)C2. The summed E-state index contributed by atoms with van der Waals surface area (Å²) in [6.45, 7) is 6.71. The molecule has 2 atom stereocenters. The van der Waals surface area contributed by atoms with E-state index >= 15 is 0 Å². The summed E-state index contributed by atoms with van der Waals surface area (Å²) in [5.74, 6) is 0.982. The van der Waals surface area contributed by atoms with E-state index in [0.29, 0.717) is 23.8 Å². The summed E-state index contributed by atoms with van der Waals surface area (Å²) in [5.41, 5.74) is 2.21. The van der Waals surface area contributed by atoms with Crippen molar-refractivity contribution < 1.29 is 14.3 Å². The predicted molar refractivity (Wildman–Crippen MR) is 95.1 cm³/mol. The number of nitrogens with one attached hydrogen (secondary N) is 1. The van der Waals surface area contributed by atoms with Gasteiger partial charge in [-0.3, -0.25) is 9.69 Å². The number of urea groups is 1. The fourth-order valence-corrected chi connectivity index (χ4v) is 3.42. The lowest BCUT2D eigenvalue weighted by atomic mass is 9.95. The molecule has 0 fully saturated rings. The number of ether oxygens (including phenoxy) is 1. The highest BCUT2D eigenvalue weighted by Gasteiger charge is 2.45. The Kier molecular flexibility index (Phi) is 4.45. The van der Waals surface area contributed by atoms with Crippen LogP contribution in [0, 0.1) is 5.92 Å². The first-order chi connectivity index (χ1) is 11.9. The maximum Gasteiger partial charge on any atom is 0.322 e. The van der Waals surface area contributed by atoms with Crippen LogP contribution in [0.3, 0.4) is 0 Å². The van der Waals surface area contributed by atoms with Crippen LogP contribution in [-0.2, 0) is 4.79 Å². The van der Waals surface area contributed by atoms with E-state index in [4.69, 9.17) is 4.74 Å². The van der Waals surface area contributed by atoms with E-state index in [-0.39, 0.29) is 18.0 Å². The van der Waals surface area contributed by atoms with Gasteiger partial charge in [-0.25, -0.2) is 4.79 Å².